The van der Waals surface area contributed by atoms with Crippen molar-refractivity contribution in [1.29, 1.82) is 0 Å². The highest BCUT2D eigenvalue weighted by Gasteiger charge is 2.32. The average Bonchev–Trinajstić information content (AvgIpc) is 2.87. The molecule has 0 aliphatic heterocycles. The predicted octanol–water partition coefficient (Wildman–Crippen LogP) is 5.08. The molecule has 0 heterocycles. The SMILES string of the molecule is CNC(=O)[C@H](C)N(Cc1ccc(Br)cc1)C(=O)CN(c1ccc(C)c(Cl)c1)S(=O)(=O)c1ccc(C)cc1. The monoisotopic (exact) mass is 605 g/mol. The second-order valence-electron chi connectivity index (χ2n) is 8.70. The Kier molecular flexibility index (Phi) is 9.39. The molecule has 0 saturated carbocycles. The van der Waals surface area contributed by atoms with Crippen molar-refractivity contribution in [2.45, 2.75) is 38.3 Å². The number of amides is 2. The fourth-order valence-electron chi connectivity index (χ4n) is 3.68. The molecular formula is C27H29BrClN3O4S. The van der Waals surface area contributed by atoms with Gasteiger partial charge >= 0.3 is 0 Å². The number of rotatable bonds is 9. The first-order chi connectivity index (χ1) is 17.4. The highest BCUT2D eigenvalue weighted by molar-refractivity contribution is 9.10. The van der Waals surface area contributed by atoms with Crippen LogP contribution >= 0.6 is 27.5 Å². The van der Waals surface area contributed by atoms with Crippen molar-refractivity contribution in [1.82, 2.24) is 10.2 Å². The zero-order chi connectivity index (χ0) is 27.3. The van der Waals surface area contributed by atoms with Crippen LogP contribution in [0.25, 0.3) is 0 Å². The molecule has 0 aliphatic rings. The summed E-state index contributed by atoms with van der Waals surface area (Å²) in [6.45, 7) is 4.87. The average molecular weight is 607 g/mol. The molecule has 3 aromatic rings. The van der Waals surface area contributed by atoms with Crippen molar-refractivity contribution in [3.63, 3.8) is 0 Å². The normalized spacial score (nSPS) is 12.1. The van der Waals surface area contributed by atoms with Crippen molar-refractivity contribution in [3.05, 3.63) is 92.9 Å². The van der Waals surface area contributed by atoms with Crippen LogP contribution in [0.2, 0.25) is 5.02 Å². The van der Waals surface area contributed by atoms with Crippen LogP contribution in [0, 0.1) is 13.8 Å². The van der Waals surface area contributed by atoms with Crippen molar-refractivity contribution in [3.8, 4) is 0 Å². The Labute approximate surface area is 231 Å². The summed E-state index contributed by atoms with van der Waals surface area (Å²) in [5.41, 5.74) is 2.72. The number of carbonyl (C=O) groups excluding carboxylic acids is 2. The molecule has 0 aliphatic carbocycles. The molecule has 2 amide bonds. The minimum absolute atomic E-state index is 0.0430. The van der Waals surface area contributed by atoms with E-state index in [4.69, 9.17) is 11.6 Å². The summed E-state index contributed by atoms with van der Waals surface area (Å²) in [6.07, 6.45) is 0. The first kappa shape index (κ1) is 28.7. The van der Waals surface area contributed by atoms with E-state index in [0.29, 0.717) is 5.02 Å². The van der Waals surface area contributed by atoms with Crippen LogP contribution in [0.1, 0.15) is 23.6 Å². The summed E-state index contributed by atoms with van der Waals surface area (Å²) < 4.78 is 29.5. The van der Waals surface area contributed by atoms with E-state index in [1.54, 1.807) is 38.1 Å². The van der Waals surface area contributed by atoms with Gasteiger partial charge in [-0.1, -0.05) is 63.4 Å². The molecule has 0 unspecified atom stereocenters. The van der Waals surface area contributed by atoms with Crippen molar-refractivity contribution >= 4 is 55.1 Å². The first-order valence-electron chi connectivity index (χ1n) is 11.5. The number of nitrogens with zero attached hydrogens (tertiary/aromatic N) is 2. The van der Waals surface area contributed by atoms with Crippen LogP contribution in [0.15, 0.2) is 76.1 Å². The van der Waals surface area contributed by atoms with Gasteiger partial charge in [-0.3, -0.25) is 13.9 Å². The lowest BCUT2D eigenvalue weighted by Gasteiger charge is -2.32. The molecule has 0 aromatic heterocycles. The quantitative estimate of drug-likeness (QED) is 0.368. The number of likely N-dealkylation sites (N-methyl/N-ethyl adjacent to an activating group) is 1. The number of benzene rings is 3. The fraction of sp³-hybridized carbons (Fsp3) is 0.259. The molecule has 3 rings (SSSR count). The van der Waals surface area contributed by atoms with E-state index in [1.165, 1.54) is 30.1 Å². The number of nitrogens with one attached hydrogen (secondary N) is 1. The molecule has 37 heavy (non-hydrogen) atoms. The summed E-state index contributed by atoms with van der Waals surface area (Å²) in [6, 6.07) is 17.7. The van der Waals surface area contributed by atoms with E-state index in [1.807, 2.05) is 31.2 Å². The largest absolute Gasteiger partial charge is 0.357 e. The predicted molar refractivity (Wildman–Crippen MR) is 150 cm³/mol. The number of carbonyl (C=O) groups is 2. The van der Waals surface area contributed by atoms with E-state index in [0.717, 1.165) is 25.5 Å². The highest BCUT2D eigenvalue weighted by atomic mass is 79.9. The molecule has 0 spiro atoms. The van der Waals surface area contributed by atoms with Crippen molar-refractivity contribution in [2.24, 2.45) is 0 Å². The Morgan fingerprint density at radius 1 is 1.00 bits per heavy atom. The van der Waals surface area contributed by atoms with E-state index >= 15 is 0 Å². The van der Waals surface area contributed by atoms with Crippen LogP contribution in [0.3, 0.4) is 0 Å². The standard InChI is InChI=1S/C27H29BrClN3O4S/c1-18-5-13-24(14-6-18)37(35,36)32(23-12-7-19(2)25(29)15-23)17-26(33)31(20(3)27(34)30-4)16-21-8-10-22(28)11-9-21/h5-15,20H,16-17H2,1-4H3,(H,30,34)/t20-/m0/s1. The number of halogens is 2. The van der Waals surface area contributed by atoms with Gasteiger partial charge in [0.1, 0.15) is 12.6 Å². The minimum atomic E-state index is -4.14. The Balaban J connectivity index is 2.05. The molecule has 0 saturated heterocycles. The molecule has 3 aromatic carbocycles. The number of hydrogen-bond donors (Lipinski definition) is 1. The third-order valence-corrected chi connectivity index (χ3v) is 8.74. The minimum Gasteiger partial charge on any atom is -0.357 e. The van der Waals surface area contributed by atoms with Gasteiger partial charge in [-0.15, -0.1) is 0 Å². The molecule has 0 bridgehead atoms. The number of anilines is 1. The molecule has 0 radical (unpaired) electrons. The Morgan fingerprint density at radius 3 is 2.19 bits per heavy atom. The Hall–Kier alpha value is -2.88. The van der Waals surface area contributed by atoms with Gasteiger partial charge in [0.05, 0.1) is 10.6 Å². The maximum absolute atomic E-state index is 13.8. The zero-order valence-electron chi connectivity index (χ0n) is 21.0. The second kappa shape index (κ2) is 12.1. The molecule has 196 valence electrons. The Bertz CT molecular complexity index is 1380. The topological polar surface area (TPSA) is 86.8 Å². The molecule has 1 atom stereocenters. The summed E-state index contributed by atoms with van der Waals surface area (Å²) in [7, 11) is -2.65. The van der Waals surface area contributed by atoms with Gasteiger partial charge in [-0.05, 0) is 68.3 Å². The van der Waals surface area contributed by atoms with E-state index in [-0.39, 0.29) is 23.0 Å². The number of hydrogen-bond acceptors (Lipinski definition) is 4. The van der Waals surface area contributed by atoms with Gasteiger partial charge in [-0.2, -0.15) is 0 Å². The smallest absolute Gasteiger partial charge is 0.264 e. The molecule has 10 heteroatoms. The van der Waals surface area contributed by atoms with Gasteiger partial charge in [-0.25, -0.2) is 8.42 Å². The summed E-state index contributed by atoms with van der Waals surface area (Å²) in [4.78, 5) is 27.7. The fourth-order valence-corrected chi connectivity index (χ4v) is 5.53. The van der Waals surface area contributed by atoms with E-state index < -0.39 is 28.5 Å². The number of aryl methyl sites for hydroxylation is 2. The van der Waals surface area contributed by atoms with Gasteiger partial charge in [0.2, 0.25) is 11.8 Å². The molecule has 0 fully saturated rings. The van der Waals surface area contributed by atoms with Gasteiger partial charge in [0.25, 0.3) is 10.0 Å². The van der Waals surface area contributed by atoms with Gasteiger partial charge in [0, 0.05) is 23.1 Å². The first-order valence-corrected chi connectivity index (χ1v) is 14.2. The van der Waals surface area contributed by atoms with Crippen molar-refractivity contribution in [2.75, 3.05) is 17.9 Å². The summed E-state index contributed by atoms with van der Waals surface area (Å²) >= 11 is 9.72. The molecule has 1 N–H and O–H groups in total. The maximum Gasteiger partial charge on any atom is 0.264 e. The van der Waals surface area contributed by atoms with Gasteiger partial charge < -0.3 is 10.2 Å². The van der Waals surface area contributed by atoms with Gasteiger partial charge in [0.15, 0.2) is 0 Å². The third-order valence-electron chi connectivity index (χ3n) is 6.01. The van der Waals surface area contributed by atoms with Crippen LogP contribution < -0.4 is 9.62 Å². The lowest BCUT2D eigenvalue weighted by atomic mass is 10.1. The molecule has 7 nitrogen and oxygen atoms in total. The summed E-state index contributed by atoms with van der Waals surface area (Å²) in [5.74, 6) is -0.900. The Morgan fingerprint density at radius 2 is 1.62 bits per heavy atom. The lowest BCUT2D eigenvalue weighted by molar-refractivity contribution is -0.139. The van der Waals surface area contributed by atoms with E-state index in [9.17, 15) is 18.0 Å². The van der Waals surface area contributed by atoms with Crippen LogP contribution in [-0.2, 0) is 26.2 Å². The third kappa shape index (κ3) is 6.91. The number of sulfonamides is 1. The lowest BCUT2D eigenvalue weighted by Crippen LogP contribution is -2.50. The molecular weight excluding hydrogens is 578 g/mol. The van der Waals surface area contributed by atoms with Crippen LogP contribution in [0.4, 0.5) is 5.69 Å². The van der Waals surface area contributed by atoms with Crippen LogP contribution in [-0.4, -0.2) is 44.8 Å². The highest BCUT2D eigenvalue weighted by Crippen LogP contribution is 2.29. The summed E-state index contributed by atoms with van der Waals surface area (Å²) in [5, 5.41) is 2.94. The maximum atomic E-state index is 13.8. The zero-order valence-corrected chi connectivity index (χ0v) is 24.2. The van der Waals surface area contributed by atoms with Crippen molar-refractivity contribution < 1.29 is 18.0 Å². The van der Waals surface area contributed by atoms with E-state index in [2.05, 4.69) is 21.2 Å². The second-order valence-corrected chi connectivity index (χ2v) is 11.9. The van der Waals surface area contributed by atoms with Crippen LogP contribution in [0.5, 0.6) is 0 Å².